The van der Waals surface area contributed by atoms with Gasteiger partial charge in [-0.25, -0.2) is 0 Å². The van der Waals surface area contributed by atoms with Gasteiger partial charge in [0.1, 0.15) is 4.32 Å². The van der Waals surface area contributed by atoms with E-state index in [2.05, 4.69) is 11.9 Å². The van der Waals surface area contributed by atoms with E-state index in [1.54, 1.807) is 0 Å². The largest absolute Gasteiger partial charge is 0.353 e. The minimum absolute atomic E-state index is 0.493. The van der Waals surface area contributed by atoms with Crippen LogP contribution in [-0.4, -0.2) is 26.6 Å². The molecular formula is C10H15NS2. The highest BCUT2D eigenvalue weighted by molar-refractivity contribution is 8.24. The molecule has 0 amide bonds. The molecule has 72 valence electrons. The van der Waals surface area contributed by atoms with Crippen LogP contribution in [0.4, 0.5) is 0 Å². The van der Waals surface area contributed by atoms with Gasteiger partial charge in [-0.15, -0.1) is 0 Å². The molecule has 0 aromatic carbocycles. The van der Waals surface area contributed by atoms with Crippen molar-refractivity contribution in [1.29, 1.82) is 0 Å². The highest BCUT2D eigenvalue weighted by Crippen LogP contribution is 2.65. The third kappa shape index (κ3) is 0.793. The lowest BCUT2D eigenvalue weighted by molar-refractivity contribution is 0.0279. The van der Waals surface area contributed by atoms with Gasteiger partial charge in [0, 0.05) is 11.8 Å². The molecule has 0 N–H and O–H groups in total. The van der Waals surface area contributed by atoms with Gasteiger partial charge >= 0.3 is 0 Å². The summed E-state index contributed by atoms with van der Waals surface area (Å²) in [5, 5.41) is 0. The minimum atomic E-state index is 0.493. The van der Waals surface area contributed by atoms with Crippen molar-refractivity contribution in [3.05, 3.63) is 0 Å². The second-order valence-electron chi connectivity index (χ2n) is 4.66. The van der Waals surface area contributed by atoms with Gasteiger partial charge in [-0.05, 0) is 32.1 Å². The Morgan fingerprint density at radius 3 is 2.15 bits per heavy atom. The number of hydrogen-bond donors (Lipinski definition) is 0. The summed E-state index contributed by atoms with van der Waals surface area (Å²) >= 11 is 7.43. The van der Waals surface area contributed by atoms with Gasteiger partial charge < -0.3 is 4.90 Å². The lowest BCUT2D eigenvalue weighted by Crippen LogP contribution is -2.63. The number of rotatable bonds is 0. The molecule has 0 bridgehead atoms. The van der Waals surface area contributed by atoms with Crippen molar-refractivity contribution < 1.29 is 0 Å². The quantitative estimate of drug-likeness (QED) is 0.570. The van der Waals surface area contributed by atoms with Crippen molar-refractivity contribution in [2.45, 2.75) is 48.8 Å². The summed E-state index contributed by atoms with van der Waals surface area (Å²) < 4.78 is 1.70. The van der Waals surface area contributed by atoms with Crippen LogP contribution in [0.5, 0.6) is 0 Å². The molecule has 3 heteroatoms. The van der Waals surface area contributed by atoms with Gasteiger partial charge in [0.15, 0.2) is 0 Å². The van der Waals surface area contributed by atoms with Crippen LogP contribution in [0.15, 0.2) is 0 Å². The highest BCUT2D eigenvalue weighted by Gasteiger charge is 2.65. The van der Waals surface area contributed by atoms with Gasteiger partial charge in [-0.1, -0.05) is 30.4 Å². The molecule has 1 nitrogen and oxygen atoms in total. The van der Waals surface area contributed by atoms with Crippen LogP contribution in [0.25, 0.3) is 0 Å². The molecule has 1 aliphatic heterocycles. The first-order chi connectivity index (χ1) is 6.20. The normalized spacial score (nSPS) is 33.6. The second-order valence-corrected chi connectivity index (χ2v) is 6.68. The molecule has 3 aliphatic rings. The first-order valence-electron chi connectivity index (χ1n) is 5.17. The minimum Gasteiger partial charge on any atom is -0.353 e. The van der Waals surface area contributed by atoms with Crippen LogP contribution in [0, 0.1) is 0 Å². The summed E-state index contributed by atoms with van der Waals surface area (Å²) in [4.78, 5) is 2.41. The maximum absolute atomic E-state index is 5.43. The molecule has 2 aliphatic carbocycles. The van der Waals surface area contributed by atoms with Crippen LogP contribution >= 0.6 is 24.0 Å². The fourth-order valence-electron chi connectivity index (χ4n) is 3.18. The first kappa shape index (κ1) is 8.54. The van der Waals surface area contributed by atoms with Gasteiger partial charge in [-0.3, -0.25) is 0 Å². The van der Waals surface area contributed by atoms with Crippen LogP contribution < -0.4 is 0 Å². The van der Waals surface area contributed by atoms with E-state index in [0.29, 0.717) is 10.3 Å². The van der Waals surface area contributed by atoms with E-state index in [0.717, 1.165) is 4.32 Å². The maximum Gasteiger partial charge on any atom is 0.137 e. The third-order valence-corrected chi connectivity index (χ3v) is 6.54. The zero-order chi connectivity index (χ0) is 9.10. The smallest absolute Gasteiger partial charge is 0.137 e. The molecule has 13 heavy (non-hydrogen) atoms. The van der Waals surface area contributed by atoms with Crippen molar-refractivity contribution in [2.24, 2.45) is 0 Å². The average molecular weight is 213 g/mol. The van der Waals surface area contributed by atoms with Crippen molar-refractivity contribution in [3.8, 4) is 0 Å². The Labute approximate surface area is 89.2 Å². The molecule has 0 aromatic rings. The average Bonchev–Trinajstić information content (AvgIpc) is 2.19. The van der Waals surface area contributed by atoms with Crippen molar-refractivity contribution in [3.63, 3.8) is 0 Å². The summed E-state index contributed by atoms with van der Waals surface area (Å²) in [7, 11) is 2.21. The van der Waals surface area contributed by atoms with Gasteiger partial charge in [0.25, 0.3) is 0 Å². The van der Waals surface area contributed by atoms with E-state index < -0.39 is 0 Å². The zero-order valence-electron chi connectivity index (χ0n) is 8.01. The number of hydrogen-bond acceptors (Lipinski definition) is 2. The van der Waals surface area contributed by atoms with Gasteiger partial charge in [0.2, 0.25) is 0 Å². The summed E-state index contributed by atoms with van der Waals surface area (Å²) in [6, 6.07) is 0. The Bertz CT molecular complexity index is 266. The number of nitrogens with zero attached hydrogens (tertiary/aromatic N) is 1. The SMILES string of the molecule is CN1C(=S)SC2(CCC2)C12CCC2. The molecule has 3 rings (SSSR count). The van der Waals surface area contributed by atoms with E-state index in [4.69, 9.17) is 12.2 Å². The summed E-state index contributed by atoms with van der Waals surface area (Å²) in [5.74, 6) is 0. The number of fused-ring (bicyclic) bond motifs is 1. The predicted octanol–water partition coefficient (Wildman–Crippen LogP) is 2.80. The molecule has 0 atom stereocenters. The van der Waals surface area contributed by atoms with Crippen LogP contribution in [0.1, 0.15) is 38.5 Å². The van der Waals surface area contributed by atoms with Crippen molar-refractivity contribution >= 4 is 28.3 Å². The number of thioether (sulfide) groups is 1. The summed E-state index contributed by atoms with van der Waals surface area (Å²) in [5.41, 5.74) is 0.493. The lowest BCUT2D eigenvalue weighted by atomic mass is 9.59. The Kier molecular flexibility index (Phi) is 1.59. The second kappa shape index (κ2) is 2.43. The van der Waals surface area contributed by atoms with Crippen molar-refractivity contribution in [1.82, 2.24) is 4.90 Å². The van der Waals surface area contributed by atoms with E-state index in [9.17, 15) is 0 Å². The monoisotopic (exact) mass is 213 g/mol. The standard InChI is InChI=1S/C10H15NS2/c1-11-8(12)13-10(6-3-7-10)9(11)4-2-5-9/h2-7H2,1H3. The molecule has 3 fully saturated rings. The Balaban J connectivity index is 2.00. The molecule has 1 heterocycles. The Morgan fingerprint density at radius 2 is 1.85 bits per heavy atom. The topological polar surface area (TPSA) is 3.24 Å². The molecular weight excluding hydrogens is 198 g/mol. The fraction of sp³-hybridized carbons (Fsp3) is 0.900. The van der Waals surface area contributed by atoms with E-state index >= 15 is 0 Å². The molecule has 1 saturated heterocycles. The van der Waals surface area contributed by atoms with Crippen LogP contribution in [-0.2, 0) is 0 Å². The van der Waals surface area contributed by atoms with Gasteiger partial charge in [0.05, 0.1) is 5.54 Å². The first-order valence-corrected chi connectivity index (χ1v) is 6.40. The molecule has 0 radical (unpaired) electrons. The Hall–Kier alpha value is 0.240. The fourth-order valence-corrected chi connectivity index (χ4v) is 5.50. The number of thiocarbonyl (C=S) groups is 1. The summed E-state index contributed by atoms with van der Waals surface area (Å²) in [6.07, 6.45) is 8.41. The Morgan fingerprint density at radius 1 is 1.23 bits per heavy atom. The van der Waals surface area contributed by atoms with E-state index in [1.807, 2.05) is 11.8 Å². The lowest BCUT2D eigenvalue weighted by Gasteiger charge is -2.57. The molecule has 0 aromatic heterocycles. The van der Waals surface area contributed by atoms with Crippen LogP contribution in [0.3, 0.4) is 0 Å². The van der Waals surface area contributed by atoms with E-state index in [-0.39, 0.29) is 0 Å². The molecule has 0 unspecified atom stereocenters. The third-order valence-electron chi connectivity index (χ3n) is 4.39. The van der Waals surface area contributed by atoms with Crippen LogP contribution in [0.2, 0.25) is 0 Å². The molecule has 2 saturated carbocycles. The zero-order valence-corrected chi connectivity index (χ0v) is 9.64. The van der Waals surface area contributed by atoms with Crippen molar-refractivity contribution in [2.75, 3.05) is 7.05 Å². The molecule has 2 spiro atoms. The predicted molar refractivity (Wildman–Crippen MR) is 61.1 cm³/mol. The maximum atomic E-state index is 5.43. The van der Waals surface area contributed by atoms with E-state index in [1.165, 1.54) is 38.5 Å². The summed E-state index contributed by atoms with van der Waals surface area (Å²) in [6.45, 7) is 0. The van der Waals surface area contributed by atoms with Gasteiger partial charge in [-0.2, -0.15) is 0 Å². The highest BCUT2D eigenvalue weighted by atomic mass is 32.2.